The number of carbonyl (C=O) groups is 1. The summed E-state index contributed by atoms with van der Waals surface area (Å²) >= 11 is 7.62. The van der Waals surface area contributed by atoms with Crippen molar-refractivity contribution in [2.45, 2.75) is 38.5 Å². The van der Waals surface area contributed by atoms with Crippen molar-refractivity contribution in [2.24, 2.45) is 0 Å². The molecule has 28 heavy (non-hydrogen) atoms. The second-order valence-corrected chi connectivity index (χ2v) is 8.16. The molecule has 0 radical (unpaired) electrons. The summed E-state index contributed by atoms with van der Waals surface area (Å²) in [6, 6.07) is 15.9. The van der Waals surface area contributed by atoms with Gasteiger partial charge in [-0.3, -0.25) is 9.36 Å². The normalized spacial score (nSPS) is 11.0. The molecule has 0 aliphatic heterocycles. The van der Waals surface area contributed by atoms with E-state index in [1.54, 1.807) is 6.33 Å². The highest BCUT2D eigenvalue weighted by Gasteiger charge is 2.19. The van der Waals surface area contributed by atoms with Gasteiger partial charge in [0.2, 0.25) is 5.91 Å². The Morgan fingerprint density at radius 3 is 2.64 bits per heavy atom. The lowest BCUT2D eigenvalue weighted by atomic mass is 10.2. The van der Waals surface area contributed by atoms with E-state index in [0.29, 0.717) is 22.5 Å². The van der Waals surface area contributed by atoms with Crippen LogP contribution in [0.1, 0.15) is 25.0 Å². The summed E-state index contributed by atoms with van der Waals surface area (Å²) in [4.78, 5) is 14.7. The minimum absolute atomic E-state index is 0.0698. The molecule has 2 aromatic carbocycles. The van der Waals surface area contributed by atoms with E-state index in [1.165, 1.54) is 11.8 Å². The monoisotopic (exact) mass is 414 g/mol. The average Bonchev–Trinajstić information content (AvgIpc) is 3.15. The van der Waals surface area contributed by atoms with Gasteiger partial charge in [-0.05, 0) is 44.0 Å². The van der Waals surface area contributed by atoms with Crippen LogP contribution in [0, 0.1) is 6.92 Å². The van der Waals surface area contributed by atoms with E-state index in [1.807, 2.05) is 78.8 Å². The lowest BCUT2D eigenvalue weighted by molar-refractivity contribution is -0.130. The van der Waals surface area contributed by atoms with Gasteiger partial charge in [0, 0.05) is 17.6 Å². The molecule has 1 aromatic heterocycles. The quantitative estimate of drug-likeness (QED) is 0.523. The average molecular weight is 415 g/mol. The molecule has 0 saturated carbocycles. The van der Waals surface area contributed by atoms with Crippen molar-refractivity contribution in [2.75, 3.05) is 5.75 Å². The van der Waals surface area contributed by atoms with Gasteiger partial charge in [-0.1, -0.05) is 59.8 Å². The first-order chi connectivity index (χ1) is 13.5. The third-order valence-electron chi connectivity index (χ3n) is 4.41. The molecule has 0 aliphatic carbocycles. The fraction of sp³-hybridized carbons (Fsp3) is 0.286. The maximum Gasteiger partial charge on any atom is 0.233 e. The maximum atomic E-state index is 12.9. The Balaban J connectivity index is 1.70. The van der Waals surface area contributed by atoms with Crippen molar-refractivity contribution in [3.05, 3.63) is 71.0 Å². The van der Waals surface area contributed by atoms with Crippen LogP contribution >= 0.6 is 23.4 Å². The van der Waals surface area contributed by atoms with Crippen molar-refractivity contribution < 1.29 is 4.79 Å². The predicted molar refractivity (Wildman–Crippen MR) is 114 cm³/mol. The molecule has 3 rings (SSSR count). The molecule has 146 valence electrons. The standard InChI is InChI=1S/C21H23ClN4OS/c1-15(2)25(12-17-7-5-4-6-8-17)20(27)13-28-21-24-23-14-26(21)18-10-9-16(3)19(22)11-18/h4-11,14-15H,12-13H2,1-3H3. The molecule has 0 aliphatic rings. The second-order valence-electron chi connectivity index (χ2n) is 6.81. The Bertz CT molecular complexity index is 943. The topological polar surface area (TPSA) is 51.0 Å². The molecular weight excluding hydrogens is 392 g/mol. The molecular formula is C21H23ClN4OS. The second kappa shape index (κ2) is 9.26. The first-order valence-corrected chi connectivity index (χ1v) is 10.4. The Hall–Kier alpha value is -2.31. The SMILES string of the molecule is Cc1ccc(-n2cnnc2SCC(=O)N(Cc2ccccc2)C(C)C)cc1Cl. The third-order valence-corrected chi connectivity index (χ3v) is 5.75. The fourth-order valence-corrected chi connectivity index (χ4v) is 3.77. The van der Waals surface area contributed by atoms with Gasteiger partial charge in [-0.15, -0.1) is 10.2 Å². The largest absolute Gasteiger partial charge is 0.335 e. The number of halogens is 1. The van der Waals surface area contributed by atoms with E-state index in [9.17, 15) is 4.79 Å². The number of hydrogen-bond acceptors (Lipinski definition) is 4. The van der Waals surface area contributed by atoms with Gasteiger partial charge in [0.15, 0.2) is 5.16 Å². The van der Waals surface area contributed by atoms with Gasteiger partial charge in [-0.2, -0.15) is 0 Å². The van der Waals surface area contributed by atoms with Gasteiger partial charge in [0.25, 0.3) is 0 Å². The Morgan fingerprint density at radius 1 is 1.21 bits per heavy atom. The molecule has 0 N–H and O–H groups in total. The summed E-state index contributed by atoms with van der Waals surface area (Å²) in [6.45, 7) is 6.61. The van der Waals surface area contributed by atoms with Crippen LogP contribution in [0.4, 0.5) is 0 Å². The zero-order valence-electron chi connectivity index (χ0n) is 16.2. The van der Waals surface area contributed by atoms with Crippen molar-refractivity contribution in [3.63, 3.8) is 0 Å². The highest BCUT2D eigenvalue weighted by Crippen LogP contribution is 2.24. The van der Waals surface area contributed by atoms with E-state index in [-0.39, 0.29) is 11.9 Å². The van der Waals surface area contributed by atoms with Gasteiger partial charge in [-0.25, -0.2) is 0 Å². The molecule has 0 fully saturated rings. The van der Waals surface area contributed by atoms with Crippen LogP contribution in [0.2, 0.25) is 5.02 Å². The number of hydrogen-bond donors (Lipinski definition) is 0. The number of thioether (sulfide) groups is 1. The van der Waals surface area contributed by atoms with Gasteiger partial charge in [0.05, 0.1) is 11.4 Å². The number of aryl methyl sites for hydroxylation is 1. The van der Waals surface area contributed by atoms with Crippen LogP contribution in [0.15, 0.2) is 60.0 Å². The van der Waals surface area contributed by atoms with Crippen LogP contribution < -0.4 is 0 Å². The van der Waals surface area contributed by atoms with Crippen LogP contribution in [0.3, 0.4) is 0 Å². The summed E-state index contributed by atoms with van der Waals surface area (Å²) in [7, 11) is 0. The smallest absolute Gasteiger partial charge is 0.233 e. The summed E-state index contributed by atoms with van der Waals surface area (Å²) in [6.07, 6.45) is 1.64. The molecule has 0 bridgehead atoms. The highest BCUT2D eigenvalue weighted by molar-refractivity contribution is 7.99. The van der Waals surface area contributed by atoms with Gasteiger partial charge in [0.1, 0.15) is 6.33 Å². The van der Waals surface area contributed by atoms with Crippen molar-refractivity contribution >= 4 is 29.3 Å². The molecule has 1 heterocycles. The predicted octanol–water partition coefficient (Wildman–Crippen LogP) is 4.76. The van der Waals surface area contributed by atoms with Gasteiger partial charge >= 0.3 is 0 Å². The minimum Gasteiger partial charge on any atom is -0.335 e. The highest BCUT2D eigenvalue weighted by atomic mass is 35.5. The van der Waals surface area contributed by atoms with Gasteiger partial charge < -0.3 is 4.90 Å². The third kappa shape index (κ3) is 4.94. The van der Waals surface area contributed by atoms with E-state index < -0.39 is 0 Å². The molecule has 0 saturated heterocycles. The van der Waals surface area contributed by atoms with Crippen LogP contribution in [0.5, 0.6) is 0 Å². The number of carbonyl (C=O) groups excluding carboxylic acids is 1. The molecule has 0 spiro atoms. The first kappa shape index (κ1) is 20.4. The van der Waals surface area contributed by atoms with Crippen molar-refractivity contribution in [3.8, 4) is 5.69 Å². The zero-order chi connectivity index (χ0) is 20.1. The Morgan fingerprint density at radius 2 is 1.96 bits per heavy atom. The fourth-order valence-electron chi connectivity index (χ4n) is 2.78. The Labute approximate surface area is 174 Å². The van der Waals surface area contributed by atoms with E-state index in [4.69, 9.17) is 11.6 Å². The zero-order valence-corrected chi connectivity index (χ0v) is 17.7. The summed E-state index contributed by atoms with van der Waals surface area (Å²) in [5.74, 6) is 0.365. The molecule has 0 unspecified atom stereocenters. The minimum atomic E-state index is 0.0698. The number of aromatic nitrogens is 3. The maximum absolute atomic E-state index is 12.9. The van der Waals surface area contributed by atoms with Crippen molar-refractivity contribution in [1.29, 1.82) is 0 Å². The van der Waals surface area contributed by atoms with Crippen LogP contribution in [-0.4, -0.2) is 37.4 Å². The number of amides is 1. The number of rotatable bonds is 7. The summed E-state index contributed by atoms with van der Waals surface area (Å²) in [5.41, 5.74) is 3.00. The van der Waals surface area contributed by atoms with E-state index in [2.05, 4.69) is 10.2 Å². The number of nitrogens with zero attached hydrogens (tertiary/aromatic N) is 4. The first-order valence-electron chi connectivity index (χ1n) is 9.08. The summed E-state index contributed by atoms with van der Waals surface area (Å²) < 4.78 is 1.85. The van der Waals surface area contributed by atoms with Crippen LogP contribution in [-0.2, 0) is 11.3 Å². The molecule has 1 amide bonds. The van der Waals surface area contributed by atoms with E-state index in [0.717, 1.165) is 16.8 Å². The molecule has 3 aromatic rings. The molecule has 5 nitrogen and oxygen atoms in total. The lowest BCUT2D eigenvalue weighted by Gasteiger charge is -2.26. The molecule has 7 heteroatoms. The van der Waals surface area contributed by atoms with Crippen molar-refractivity contribution in [1.82, 2.24) is 19.7 Å². The summed E-state index contributed by atoms with van der Waals surface area (Å²) in [5, 5.41) is 9.52. The Kier molecular flexibility index (Phi) is 6.75. The molecule has 0 atom stereocenters. The number of benzene rings is 2. The lowest BCUT2D eigenvalue weighted by Crippen LogP contribution is -2.37. The van der Waals surface area contributed by atoms with E-state index >= 15 is 0 Å². The van der Waals surface area contributed by atoms with Crippen LogP contribution in [0.25, 0.3) is 5.69 Å².